The maximum Gasteiger partial charge on any atom is 0.258 e. The van der Waals surface area contributed by atoms with Crippen LogP contribution in [0.15, 0.2) is 46.9 Å². The van der Waals surface area contributed by atoms with Crippen LogP contribution < -0.4 is 15.8 Å². The Morgan fingerprint density at radius 1 is 1.29 bits per heavy atom. The van der Waals surface area contributed by atoms with Crippen molar-refractivity contribution in [3.8, 4) is 5.75 Å². The van der Waals surface area contributed by atoms with Crippen LogP contribution in [0.4, 0.5) is 10.1 Å². The van der Waals surface area contributed by atoms with Crippen molar-refractivity contribution in [2.45, 2.75) is 6.54 Å². The lowest BCUT2D eigenvalue weighted by molar-refractivity contribution is -0.123. The predicted molar refractivity (Wildman–Crippen MR) is 82.3 cm³/mol. The summed E-state index contributed by atoms with van der Waals surface area (Å²) in [6.07, 6.45) is 0. The average Bonchev–Trinajstić information content (AvgIpc) is 2.45. The third kappa shape index (κ3) is 4.46. The van der Waals surface area contributed by atoms with Gasteiger partial charge in [-0.05, 0) is 27.6 Å². The zero-order chi connectivity index (χ0) is 15.2. The number of hydrogen-bond acceptors (Lipinski definition) is 3. The molecule has 0 aliphatic heterocycles. The summed E-state index contributed by atoms with van der Waals surface area (Å²) < 4.78 is 18.8. The molecule has 0 saturated carbocycles. The highest BCUT2D eigenvalue weighted by molar-refractivity contribution is 9.10. The molecule has 4 nitrogen and oxygen atoms in total. The Labute approximate surface area is 130 Å². The first-order valence-corrected chi connectivity index (χ1v) is 7.03. The Morgan fingerprint density at radius 2 is 2.00 bits per heavy atom. The van der Waals surface area contributed by atoms with Crippen molar-refractivity contribution in [2.24, 2.45) is 0 Å². The number of benzene rings is 2. The number of hydrogen-bond donors (Lipinski definition) is 2. The minimum absolute atomic E-state index is 0.137. The highest BCUT2D eigenvalue weighted by Gasteiger charge is 2.10. The molecule has 0 bridgehead atoms. The maximum atomic E-state index is 13.1. The summed E-state index contributed by atoms with van der Waals surface area (Å²) in [6.45, 7) is 0.227. The Balaban J connectivity index is 1.87. The molecule has 0 aliphatic rings. The number of carbonyl (C=O) groups is 1. The normalized spacial score (nSPS) is 10.2. The van der Waals surface area contributed by atoms with Crippen LogP contribution in [0.25, 0.3) is 0 Å². The van der Waals surface area contributed by atoms with Gasteiger partial charge in [-0.15, -0.1) is 0 Å². The van der Waals surface area contributed by atoms with Crippen LogP contribution in [-0.4, -0.2) is 12.5 Å². The molecule has 0 aliphatic carbocycles. The van der Waals surface area contributed by atoms with Gasteiger partial charge in [0.05, 0.1) is 10.2 Å². The van der Waals surface area contributed by atoms with Gasteiger partial charge in [-0.3, -0.25) is 4.79 Å². The fourth-order valence-electron chi connectivity index (χ4n) is 1.72. The van der Waals surface area contributed by atoms with E-state index in [1.807, 2.05) is 30.3 Å². The van der Waals surface area contributed by atoms with Crippen molar-refractivity contribution in [1.82, 2.24) is 5.32 Å². The van der Waals surface area contributed by atoms with Gasteiger partial charge in [0.1, 0.15) is 5.82 Å². The molecule has 0 spiro atoms. The predicted octanol–water partition coefficient (Wildman–Crippen LogP) is 2.87. The van der Waals surface area contributed by atoms with Gasteiger partial charge in [-0.1, -0.05) is 30.3 Å². The molecule has 3 N–H and O–H groups in total. The highest BCUT2D eigenvalue weighted by atomic mass is 79.9. The van der Waals surface area contributed by atoms with E-state index in [0.717, 1.165) is 11.6 Å². The Kier molecular flexibility index (Phi) is 5.16. The first-order valence-electron chi connectivity index (χ1n) is 6.24. The summed E-state index contributed by atoms with van der Waals surface area (Å²) in [4.78, 5) is 11.7. The van der Waals surface area contributed by atoms with Crippen molar-refractivity contribution >= 4 is 27.5 Å². The summed E-state index contributed by atoms with van der Waals surface area (Å²) in [7, 11) is 0. The SMILES string of the molecule is Nc1cc(F)cc(Br)c1OCC(=O)NCc1ccccc1. The second-order valence-corrected chi connectivity index (χ2v) is 5.21. The molecule has 0 aromatic heterocycles. The molecular weight excluding hydrogens is 339 g/mol. The molecule has 1 amide bonds. The largest absolute Gasteiger partial charge is 0.480 e. The number of rotatable bonds is 5. The summed E-state index contributed by atoms with van der Waals surface area (Å²) in [5, 5.41) is 2.73. The minimum Gasteiger partial charge on any atom is -0.480 e. The van der Waals surface area contributed by atoms with Gasteiger partial charge < -0.3 is 15.8 Å². The van der Waals surface area contributed by atoms with Crippen LogP contribution in [0.5, 0.6) is 5.75 Å². The van der Waals surface area contributed by atoms with E-state index in [2.05, 4.69) is 21.2 Å². The van der Waals surface area contributed by atoms with Crippen LogP contribution in [0.1, 0.15) is 5.56 Å². The first-order chi connectivity index (χ1) is 10.1. The minimum atomic E-state index is -0.472. The van der Waals surface area contributed by atoms with E-state index in [0.29, 0.717) is 11.0 Å². The van der Waals surface area contributed by atoms with Gasteiger partial charge in [-0.25, -0.2) is 4.39 Å². The van der Waals surface area contributed by atoms with Crippen molar-refractivity contribution in [1.29, 1.82) is 0 Å². The molecular formula is C15H14BrFN2O2. The van der Waals surface area contributed by atoms with Gasteiger partial charge in [-0.2, -0.15) is 0 Å². The van der Waals surface area contributed by atoms with Crippen molar-refractivity contribution < 1.29 is 13.9 Å². The van der Waals surface area contributed by atoms with E-state index in [1.165, 1.54) is 6.07 Å². The number of halogens is 2. The standard InChI is InChI=1S/C15H14BrFN2O2/c16-12-6-11(17)7-13(18)15(12)21-9-14(20)19-8-10-4-2-1-3-5-10/h1-7H,8-9,18H2,(H,19,20). The van der Waals surface area contributed by atoms with Gasteiger partial charge >= 0.3 is 0 Å². The van der Waals surface area contributed by atoms with Crippen LogP contribution in [0, 0.1) is 5.82 Å². The van der Waals surface area contributed by atoms with E-state index in [-0.39, 0.29) is 24.0 Å². The van der Waals surface area contributed by atoms with Crippen LogP contribution in [-0.2, 0) is 11.3 Å². The lowest BCUT2D eigenvalue weighted by Gasteiger charge is -2.11. The molecule has 6 heteroatoms. The molecule has 110 valence electrons. The highest BCUT2D eigenvalue weighted by Crippen LogP contribution is 2.32. The Morgan fingerprint density at radius 3 is 2.67 bits per heavy atom. The summed E-state index contributed by atoms with van der Waals surface area (Å²) >= 11 is 3.15. The number of anilines is 1. The monoisotopic (exact) mass is 352 g/mol. The number of carbonyl (C=O) groups excluding carboxylic acids is 1. The van der Waals surface area contributed by atoms with Crippen LogP contribution in [0.3, 0.4) is 0 Å². The molecule has 21 heavy (non-hydrogen) atoms. The lowest BCUT2D eigenvalue weighted by Crippen LogP contribution is -2.28. The third-order valence-corrected chi connectivity index (χ3v) is 3.31. The topological polar surface area (TPSA) is 64.3 Å². The molecule has 0 fully saturated rings. The summed E-state index contributed by atoms with van der Waals surface area (Å²) in [6, 6.07) is 11.9. The number of ether oxygens (including phenoxy) is 1. The molecule has 0 atom stereocenters. The molecule has 0 heterocycles. The Hall–Kier alpha value is -2.08. The van der Waals surface area contributed by atoms with Gasteiger partial charge in [0.15, 0.2) is 12.4 Å². The zero-order valence-corrected chi connectivity index (χ0v) is 12.7. The molecule has 2 aromatic rings. The second-order valence-electron chi connectivity index (χ2n) is 4.36. The molecule has 0 unspecified atom stereocenters. The van der Waals surface area contributed by atoms with E-state index >= 15 is 0 Å². The van der Waals surface area contributed by atoms with E-state index < -0.39 is 5.82 Å². The number of amides is 1. The van der Waals surface area contributed by atoms with E-state index in [4.69, 9.17) is 10.5 Å². The van der Waals surface area contributed by atoms with Gasteiger partial charge in [0.25, 0.3) is 5.91 Å². The average molecular weight is 353 g/mol. The summed E-state index contributed by atoms with van der Waals surface area (Å²) in [5.74, 6) is -0.499. The lowest BCUT2D eigenvalue weighted by atomic mass is 10.2. The fourth-order valence-corrected chi connectivity index (χ4v) is 2.28. The zero-order valence-electron chi connectivity index (χ0n) is 11.1. The second kappa shape index (κ2) is 7.08. The molecule has 2 aromatic carbocycles. The maximum absolute atomic E-state index is 13.1. The number of nitrogen functional groups attached to an aromatic ring is 1. The van der Waals surface area contributed by atoms with Gasteiger partial charge in [0, 0.05) is 12.6 Å². The summed E-state index contributed by atoms with van der Waals surface area (Å²) in [5.41, 5.74) is 6.78. The number of nitrogens with two attached hydrogens (primary N) is 1. The molecule has 0 saturated heterocycles. The fraction of sp³-hybridized carbons (Fsp3) is 0.133. The smallest absolute Gasteiger partial charge is 0.258 e. The quantitative estimate of drug-likeness (QED) is 0.813. The van der Waals surface area contributed by atoms with Crippen molar-refractivity contribution in [2.75, 3.05) is 12.3 Å². The van der Waals surface area contributed by atoms with E-state index in [9.17, 15) is 9.18 Å². The van der Waals surface area contributed by atoms with Crippen molar-refractivity contribution in [3.63, 3.8) is 0 Å². The van der Waals surface area contributed by atoms with Crippen molar-refractivity contribution in [3.05, 3.63) is 58.3 Å². The Bertz CT molecular complexity index is 612. The molecule has 0 radical (unpaired) electrons. The van der Waals surface area contributed by atoms with Crippen LogP contribution >= 0.6 is 15.9 Å². The van der Waals surface area contributed by atoms with Crippen LogP contribution in [0.2, 0.25) is 0 Å². The first kappa shape index (κ1) is 15.3. The van der Waals surface area contributed by atoms with E-state index in [1.54, 1.807) is 0 Å². The molecule has 2 rings (SSSR count). The number of nitrogens with one attached hydrogen (secondary N) is 1. The third-order valence-electron chi connectivity index (χ3n) is 2.72. The van der Waals surface area contributed by atoms with Gasteiger partial charge in [0.2, 0.25) is 0 Å².